The van der Waals surface area contributed by atoms with Crippen LogP contribution in [-0.2, 0) is 4.79 Å². The summed E-state index contributed by atoms with van der Waals surface area (Å²) in [5.41, 5.74) is 1.51. The van der Waals surface area contributed by atoms with E-state index in [4.69, 9.17) is 21.1 Å². The van der Waals surface area contributed by atoms with Gasteiger partial charge < -0.3 is 14.8 Å². The Bertz CT molecular complexity index is 990. The number of aliphatic imine (C=N–C) groups is 1. The van der Waals surface area contributed by atoms with Gasteiger partial charge in [0.05, 0.1) is 21.7 Å². The van der Waals surface area contributed by atoms with Crippen molar-refractivity contribution in [2.45, 2.75) is 6.92 Å². The zero-order valence-corrected chi connectivity index (χ0v) is 18.7. The highest BCUT2D eigenvalue weighted by atomic mass is 79.9. The molecule has 1 heterocycles. The Balaban J connectivity index is 1.86. The number of amidine groups is 1. The van der Waals surface area contributed by atoms with Crippen molar-refractivity contribution in [2.24, 2.45) is 4.99 Å². The fourth-order valence-corrected chi connectivity index (χ4v) is 4.02. The third-order valence-corrected chi connectivity index (χ3v) is 5.43. The molecule has 0 radical (unpaired) electrons. The molecule has 0 atom stereocenters. The maximum Gasteiger partial charge on any atom is 0.264 e. The molecule has 0 saturated carbocycles. The summed E-state index contributed by atoms with van der Waals surface area (Å²) in [4.78, 5) is 17.3. The molecule has 1 fully saturated rings. The van der Waals surface area contributed by atoms with Crippen LogP contribution in [0.15, 0.2) is 63.4 Å². The summed E-state index contributed by atoms with van der Waals surface area (Å²) in [7, 11) is 0. The standard InChI is InChI=1S/C21H18BrClN2O3S/c1-3-9-28-19-16(22)10-13(11-17(19)27-4-2)12-18-20(26)25-21(29-18)24-15-7-5-14(23)6-8-15/h3,5-8,10-12H,1,4,9H2,2H3,(H,24,25,26)/b18-12-. The number of nitrogens with zero attached hydrogens (tertiary/aromatic N) is 1. The SMILES string of the molecule is C=CCOc1c(Br)cc(/C=C2\SC(=Nc3ccc(Cl)cc3)NC2=O)cc1OCC. The van der Waals surface area contributed by atoms with Gasteiger partial charge in [-0.15, -0.1) is 0 Å². The van der Waals surface area contributed by atoms with Gasteiger partial charge in [-0.25, -0.2) is 4.99 Å². The Hall–Kier alpha value is -2.22. The van der Waals surface area contributed by atoms with Crippen LogP contribution in [0, 0.1) is 0 Å². The third kappa shape index (κ3) is 5.65. The predicted octanol–water partition coefficient (Wildman–Crippen LogP) is 5.96. The molecule has 0 aromatic heterocycles. The van der Waals surface area contributed by atoms with Gasteiger partial charge in [0.1, 0.15) is 6.61 Å². The highest BCUT2D eigenvalue weighted by Crippen LogP contribution is 2.38. The van der Waals surface area contributed by atoms with Crippen molar-refractivity contribution in [2.75, 3.05) is 13.2 Å². The lowest BCUT2D eigenvalue weighted by Gasteiger charge is -2.13. The fourth-order valence-electron chi connectivity index (χ4n) is 2.48. The van der Waals surface area contributed by atoms with Gasteiger partial charge in [0.15, 0.2) is 16.7 Å². The van der Waals surface area contributed by atoms with E-state index in [2.05, 4.69) is 32.8 Å². The summed E-state index contributed by atoms with van der Waals surface area (Å²) in [6.45, 7) is 6.41. The maximum atomic E-state index is 12.4. The molecule has 3 rings (SSSR count). The number of halogens is 2. The van der Waals surface area contributed by atoms with E-state index in [0.717, 1.165) is 10.0 Å². The van der Waals surface area contributed by atoms with Crippen LogP contribution in [0.5, 0.6) is 11.5 Å². The van der Waals surface area contributed by atoms with E-state index in [1.54, 1.807) is 36.4 Å². The number of amides is 1. The number of benzene rings is 2. The molecule has 0 spiro atoms. The molecular formula is C21H18BrClN2O3S. The number of hydrogen-bond acceptors (Lipinski definition) is 5. The molecular weight excluding hydrogens is 476 g/mol. The van der Waals surface area contributed by atoms with Crippen LogP contribution in [0.2, 0.25) is 5.02 Å². The Labute approximate surface area is 187 Å². The Morgan fingerprint density at radius 3 is 2.72 bits per heavy atom. The first-order valence-electron chi connectivity index (χ1n) is 8.75. The largest absolute Gasteiger partial charge is 0.490 e. The first-order chi connectivity index (χ1) is 14.0. The smallest absolute Gasteiger partial charge is 0.264 e. The van der Waals surface area contributed by atoms with Crippen LogP contribution in [0.4, 0.5) is 5.69 Å². The van der Waals surface area contributed by atoms with Crippen LogP contribution >= 0.6 is 39.3 Å². The first-order valence-corrected chi connectivity index (χ1v) is 10.7. The number of nitrogens with one attached hydrogen (secondary N) is 1. The van der Waals surface area contributed by atoms with Gasteiger partial charge in [-0.2, -0.15) is 0 Å². The van der Waals surface area contributed by atoms with Gasteiger partial charge in [0.2, 0.25) is 0 Å². The zero-order chi connectivity index (χ0) is 20.8. The van der Waals surface area contributed by atoms with Crippen LogP contribution in [0.25, 0.3) is 6.08 Å². The fraction of sp³-hybridized carbons (Fsp3) is 0.143. The second kappa shape index (κ2) is 10.0. The van der Waals surface area contributed by atoms with Gasteiger partial charge in [-0.1, -0.05) is 24.3 Å². The van der Waals surface area contributed by atoms with E-state index in [1.807, 2.05) is 19.1 Å². The van der Waals surface area contributed by atoms with Crippen LogP contribution in [0.3, 0.4) is 0 Å². The van der Waals surface area contributed by atoms with Crippen molar-refractivity contribution in [3.63, 3.8) is 0 Å². The maximum absolute atomic E-state index is 12.4. The van der Waals surface area contributed by atoms with Gasteiger partial charge in [-0.3, -0.25) is 4.79 Å². The zero-order valence-electron chi connectivity index (χ0n) is 15.6. The molecule has 0 aliphatic carbocycles. The number of hydrogen-bond donors (Lipinski definition) is 1. The van der Waals surface area contributed by atoms with Crippen LogP contribution < -0.4 is 14.8 Å². The number of carbonyl (C=O) groups is 1. The summed E-state index contributed by atoms with van der Waals surface area (Å²) in [6, 6.07) is 10.8. The minimum absolute atomic E-state index is 0.205. The third-order valence-electron chi connectivity index (χ3n) is 3.68. The second-order valence-electron chi connectivity index (χ2n) is 5.82. The number of rotatable bonds is 7. The van der Waals surface area contributed by atoms with Crippen LogP contribution in [0.1, 0.15) is 12.5 Å². The molecule has 0 unspecified atom stereocenters. The molecule has 5 nitrogen and oxygen atoms in total. The number of thioether (sulfide) groups is 1. The highest BCUT2D eigenvalue weighted by Gasteiger charge is 2.24. The topological polar surface area (TPSA) is 59.9 Å². The number of carbonyl (C=O) groups excluding carboxylic acids is 1. The molecule has 1 saturated heterocycles. The summed E-state index contributed by atoms with van der Waals surface area (Å²) in [5, 5.41) is 3.92. The van der Waals surface area contributed by atoms with E-state index in [9.17, 15) is 4.79 Å². The minimum atomic E-state index is -0.205. The molecule has 1 aliphatic heterocycles. The first kappa shape index (κ1) is 21.5. The molecule has 1 aliphatic rings. The van der Waals surface area contributed by atoms with E-state index < -0.39 is 0 Å². The lowest BCUT2D eigenvalue weighted by Crippen LogP contribution is -2.19. The molecule has 2 aromatic rings. The van der Waals surface area contributed by atoms with Crippen molar-refractivity contribution in [3.8, 4) is 11.5 Å². The normalized spacial score (nSPS) is 16.2. The van der Waals surface area contributed by atoms with Crippen molar-refractivity contribution < 1.29 is 14.3 Å². The van der Waals surface area contributed by atoms with E-state index in [-0.39, 0.29) is 5.91 Å². The highest BCUT2D eigenvalue weighted by molar-refractivity contribution is 9.10. The van der Waals surface area contributed by atoms with Gasteiger partial charge >= 0.3 is 0 Å². The Morgan fingerprint density at radius 2 is 2.03 bits per heavy atom. The van der Waals surface area contributed by atoms with Gasteiger partial charge in [-0.05, 0) is 82.7 Å². The van der Waals surface area contributed by atoms with Gasteiger partial charge in [0.25, 0.3) is 5.91 Å². The molecule has 29 heavy (non-hydrogen) atoms. The van der Waals surface area contributed by atoms with E-state index >= 15 is 0 Å². The molecule has 2 aromatic carbocycles. The second-order valence-corrected chi connectivity index (χ2v) is 8.14. The lowest BCUT2D eigenvalue weighted by molar-refractivity contribution is -0.115. The van der Waals surface area contributed by atoms with Crippen molar-refractivity contribution in [3.05, 3.63) is 69.0 Å². The van der Waals surface area contributed by atoms with Crippen molar-refractivity contribution >= 4 is 62.1 Å². The Morgan fingerprint density at radius 1 is 1.28 bits per heavy atom. The summed E-state index contributed by atoms with van der Waals surface area (Å²) in [5.74, 6) is 0.986. The van der Waals surface area contributed by atoms with Crippen LogP contribution in [-0.4, -0.2) is 24.3 Å². The molecule has 1 amide bonds. The monoisotopic (exact) mass is 492 g/mol. The van der Waals surface area contributed by atoms with Gasteiger partial charge in [0, 0.05) is 5.02 Å². The van der Waals surface area contributed by atoms with E-state index in [1.165, 1.54) is 11.8 Å². The minimum Gasteiger partial charge on any atom is -0.490 e. The quantitative estimate of drug-likeness (QED) is 0.382. The predicted molar refractivity (Wildman–Crippen MR) is 123 cm³/mol. The Kier molecular flexibility index (Phi) is 7.41. The molecule has 8 heteroatoms. The average molecular weight is 494 g/mol. The number of ether oxygens (including phenoxy) is 2. The molecule has 150 valence electrons. The summed E-state index contributed by atoms with van der Waals surface area (Å²) >= 11 is 10.7. The van der Waals surface area contributed by atoms with Crippen molar-refractivity contribution in [1.82, 2.24) is 5.32 Å². The molecule has 1 N–H and O–H groups in total. The summed E-state index contributed by atoms with van der Waals surface area (Å²) < 4.78 is 12.1. The van der Waals surface area contributed by atoms with E-state index in [0.29, 0.717) is 45.5 Å². The average Bonchev–Trinajstić information content (AvgIpc) is 3.02. The lowest BCUT2D eigenvalue weighted by atomic mass is 10.2. The van der Waals surface area contributed by atoms with Crippen molar-refractivity contribution in [1.29, 1.82) is 0 Å². The summed E-state index contributed by atoms with van der Waals surface area (Å²) in [6.07, 6.45) is 3.45. The molecule has 0 bridgehead atoms.